The summed E-state index contributed by atoms with van der Waals surface area (Å²) in [5.74, 6) is -0.121. The van der Waals surface area contributed by atoms with Gasteiger partial charge in [-0.1, -0.05) is 11.6 Å². The maximum absolute atomic E-state index is 12.7. The van der Waals surface area contributed by atoms with Crippen LogP contribution in [0, 0.1) is 6.92 Å². The number of ether oxygens (including phenoxy) is 1. The second-order valence-corrected chi connectivity index (χ2v) is 5.73. The molecule has 1 aliphatic rings. The molecule has 0 aliphatic carbocycles. The molecule has 2 aromatic rings. The van der Waals surface area contributed by atoms with E-state index in [1.165, 1.54) is 0 Å². The number of halogens is 1. The van der Waals surface area contributed by atoms with Crippen LogP contribution in [-0.2, 0) is 4.74 Å². The van der Waals surface area contributed by atoms with E-state index in [0.717, 1.165) is 16.5 Å². The number of H-pyrrole nitrogens is 1. The molecule has 3 rings (SSSR count). The molecule has 1 saturated heterocycles. The van der Waals surface area contributed by atoms with Gasteiger partial charge in [0.25, 0.3) is 5.91 Å². The first kappa shape index (κ1) is 14.4. The fourth-order valence-electron chi connectivity index (χ4n) is 2.65. The molecule has 1 aromatic heterocycles. The number of β-amino-alcohol motifs (C(OH)–C–C–N with tert-alkyl or cyclic N) is 1. The quantitative estimate of drug-likeness (QED) is 0.846. The summed E-state index contributed by atoms with van der Waals surface area (Å²) in [4.78, 5) is 17.4. The lowest BCUT2D eigenvalue weighted by Crippen LogP contribution is -2.38. The zero-order valence-corrected chi connectivity index (χ0v) is 12.5. The van der Waals surface area contributed by atoms with E-state index in [-0.39, 0.29) is 19.1 Å². The third-order valence-electron chi connectivity index (χ3n) is 3.77. The van der Waals surface area contributed by atoms with Gasteiger partial charge in [0.05, 0.1) is 19.3 Å². The Labute approximate surface area is 127 Å². The van der Waals surface area contributed by atoms with E-state index < -0.39 is 6.10 Å². The molecule has 2 heterocycles. The number of rotatable bonds is 1. The van der Waals surface area contributed by atoms with Crippen LogP contribution in [0.25, 0.3) is 10.9 Å². The number of nitrogens with one attached hydrogen (secondary N) is 1. The van der Waals surface area contributed by atoms with Crippen molar-refractivity contribution in [3.05, 3.63) is 34.5 Å². The molecule has 21 heavy (non-hydrogen) atoms. The van der Waals surface area contributed by atoms with Gasteiger partial charge in [-0.25, -0.2) is 0 Å². The molecule has 1 unspecified atom stereocenters. The standard InChI is InChI=1S/C15H17ClN2O3/c1-9-12-6-10(16)2-3-13(12)17-14(9)15(20)18-4-5-21-8-11(19)7-18/h2-3,6,11,17,19H,4-5,7-8H2,1H3. The van der Waals surface area contributed by atoms with Crippen LogP contribution in [0.1, 0.15) is 16.1 Å². The Balaban J connectivity index is 1.95. The Morgan fingerprint density at radius 1 is 1.52 bits per heavy atom. The van der Waals surface area contributed by atoms with Crippen LogP contribution in [0.2, 0.25) is 5.02 Å². The number of nitrogens with zero attached hydrogens (tertiary/aromatic N) is 1. The Morgan fingerprint density at radius 2 is 2.33 bits per heavy atom. The number of carbonyl (C=O) groups excluding carboxylic acids is 1. The Kier molecular flexibility index (Phi) is 3.89. The van der Waals surface area contributed by atoms with Crippen molar-refractivity contribution in [1.29, 1.82) is 0 Å². The molecule has 1 atom stereocenters. The number of fused-ring (bicyclic) bond motifs is 1. The van der Waals surface area contributed by atoms with Gasteiger partial charge in [-0.15, -0.1) is 0 Å². The van der Waals surface area contributed by atoms with E-state index >= 15 is 0 Å². The van der Waals surface area contributed by atoms with E-state index in [0.29, 0.717) is 23.9 Å². The van der Waals surface area contributed by atoms with E-state index in [9.17, 15) is 9.90 Å². The second-order valence-electron chi connectivity index (χ2n) is 5.29. The van der Waals surface area contributed by atoms with Crippen molar-refractivity contribution >= 4 is 28.4 Å². The van der Waals surface area contributed by atoms with Gasteiger partial charge in [-0.2, -0.15) is 0 Å². The van der Waals surface area contributed by atoms with E-state index in [2.05, 4.69) is 4.98 Å². The zero-order valence-electron chi connectivity index (χ0n) is 11.7. The number of aromatic amines is 1. The monoisotopic (exact) mass is 308 g/mol. The van der Waals surface area contributed by atoms with Crippen LogP contribution >= 0.6 is 11.6 Å². The number of aromatic nitrogens is 1. The summed E-state index contributed by atoms with van der Waals surface area (Å²) in [5.41, 5.74) is 2.30. The van der Waals surface area contributed by atoms with E-state index in [1.807, 2.05) is 19.1 Å². The van der Waals surface area contributed by atoms with Crippen LogP contribution in [0.3, 0.4) is 0 Å². The maximum Gasteiger partial charge on any atom is 0.270 e. The minimum absolute atomic E-state index is 0.121. The largest absolute Gasteiger partial charge is 0.389 e. The number of aliphatic hydroxyl groups is 1. The van der Waals surface area contributed by atoms with Crippen molar-refractivity contribution in [2.24, 2.45) is 0 Å². The number of aryl methyl sites for hydroxylation is 1. The molecule has 0 radical (unpaired) electrons. The molecule has 1 aliphatic heterocycles. The number of aliphatic hydroxyl groups excluding tert-OH is 1. The predicted octanol–water partition coefficient (Wildman–Crippen LogP) is 1.96. The van der Waals surface area contributed by atoms with Crippen molar-refractivity contribution in [2.75, 3.05) is 26.3 Å². The van der Waals surface area contributed by atoms with Gasteiger partial charge in [0.1, 0.15) is 5.69 Å². The first-order valence-corrected chi connectivity index (χ1v) is 7.27. The zero-order chi connectivity index (χ0) is 15.0. The Morgan fingerprint density at radius 3 is 3.14 bits per heavy atom. The van der Waals surface area contributed by atoms with Crippen molar-refractivity contribution in [2.45, 2.75) is 13.0 Å². The molecule has 0 bridgehead atoms. The molecular weight excluding hydrogens is 292 g/mol. The van der Waals surface area contributed by atoms with Crippen molar-refractivity contribution < 1.29 is 14.6 Å². The van der Waals surface area contributed by atoms with Gasteiger partial charge in [-0.3, -0.25) is 4.79 Å². The van der Waals surface area contributed by atoms with Crippen LogP contribution < -0.4 is 0 Å². The number of benzene rings is 1. The minimum atomic E-state index is -0.643. The number of hydrogen-bond acceptors (Lipinski definition) is 3. The molecule has 5 nitrogen and oxygen atoms in total. The first-order valence-electron chi connectivity index (χ1n) is 6.89. The highest BCUT2D eigenvalue weighted by Crippen LogP contribution is 2.26. The third kappa shape index (κ3) is 2.77. The lowest BCUT2D eigenvalue weighted by molar-refractivity contribution is 0.0533. The SMILES string of the molecule is Cc1c(C(=O)N2CCOCC(O)C2)[nH]c2ccc(Cl)cc12. The Hall–Kier alpha value is -1.56. The predicted molar refractivity (Wildman–Crippen MR) is 80.8 cm³/mol. The van der Waals surface area contributed by atoms with Gasteiger partial charge >= 0.3 is 0 Å². The highest BCUT2D eigenvalue weighted by Gasteiger charge is 2.25. The summed E-state index contributed by atoms with van der Waals surface area (Å²) in [6.07, 6.45) is -0.643. The average molecular weight is 309 g/mol. The molecular formula is C15H17ClN2O3. The van der Waals surface area contributed by atoms with Gasteiger partial charge < -0.3 is 19.7 Å². The topological polar surface area (TPSA) is 65.6 Å². The van der Waals surface area contributed by atoms with Crippen LogP contribution in [0.15, 0.2) is 18.2 Å². The van der Waals surface area contributed by atoms with Gasteiger partial charge in [0.2, 0.25) is 0 Å². The summed E-state index contributed by atoms with van der Waals surface area (Å²) >= 11 is 6.01. The van der Waals surface area contributed by atoms with Gasteiger partial charge in [0.15, 0.2) is 0 Å². The summed E-state index contributed by atoms with van der Waals surface area (Å²) in [6.45, 7) is 3.37. The van der Waals surface area contributed by atoms with Crippen molar-refractivity contribution in [1.82, 2.24) is 9.88 Å². The lowest BCUT2D eigenvalue weighted by atomic mass is 10.1. The molecule has 6 heteroatoms. The maximum atomic E-state index is 12.7. The Bertz CT molecular complexity index is 683. The number of carbonyl (C=O) groups is 1. The summed E-state index contributed by atoms with van der Waals surface area (Å²) < 4.78 is 5.26. The van der Waals surface area contributed by atoms with Crippen LogP contribution in [0.5, 0.6) is 0 Å². The fraction of sp³-hybridized carbons (Fsp3) is 0.400. The van der Waals surface area contributed by atoms with Crippen LogP contribution in [0.4, 0.5) is 0 Å². The normalized spacial score (nSPS) is 19.8. The van der Waals surface area contributed by atoms with Gasteiger partial charge in [-0.05, 0) is 30.7 Å². The third-order valence-corrected chi connectivity index (χ3v) is 4.00. The summed E-state index contributed by atoms with van der Waals surface area (Å²) in [7, 11) is 0. The smallest absolute Gasteiger partial charge is 0.270 e. The van der Waals surface area contributed by atoms with Crippen LogP contribution in [-0.4, -0.2) is 53.3 Å². The molecule has 2 N–H and O–H groups in total. The molecule has 1 fully saturated rings. The second kappa shape index (κ2) is 5.67. The highest BCUT2D eigenvalue weighted by atomic mass is 35.5. The van der Waals surface area contributed by atoms with E-state index in [4.69, 9.17) is 16.3 Å². The first-order chi connectivity index (χ1) is 10.1. The van der Waals surface area contributed by atoms with Crippen molar-refractivity contribution in [3.8, 4) is 0 Å². The average Bonchev–Trinajstić information content (AvgIpc) is 2.64. The summed E-state index contributed by atoms with van der Waals surface area (Å²) in [6, 6.07) is 5.50. The van der Waals surface area contributed by atoms with Gasteiger partial charge in [0, 0.05) is 29.0 Å². The molecule has 1 amide bonds. The lowest BCUT2D eigenvalue weighted by Gasteiger charge is -2.21. The number of hydrogen-bond donors (Lipinski definition) is 2. The molecule has 1 aromatic carbocycles. The molecule has 112 valence electrons. The number of amides is 1. The summed E-state index contributed by atoms with van der Waals surface area (Å²) in [5, 5.41) is 11.3. The molecule has 0 saturated carbocycles. The van der Waals surface area contributed by atoms with E-state index in [1.54, 1.807) is 11.0 Å². The minimum Gasteiger partial charge on any atom is -0.389 e. The molecule has 0 spiro atoms. The van der Waals surface area contributed by atoms with Crippen molar-refractivity contribution in [3.63, 3.8) is 0 Å². The fourth-order valence-corrected chi connectivity index (χ4v) is 2.82. The highest BCUT2D eigenvalue weighted by molar-refractivity contribution is 6.31.